The molecule has 0 aliphatic carbocycles. The average molecular weight is 231 g/mol. The molecule has 3 rings (SSSR count). The Balaban J connectivity index is 2.57. The molecule has 3 aromatic rings. The van der Waals surface area contributed by atoms with Gasteiger partial charge in [0.25, 0.3) is 5.56 Å². The Morgan fingerprint density at radius 1 is 1.25 bits per heavy atom. The van der Waals surface area contributed by atoms with E-state index < -0.39 is 0 Å². The highest BCUT2D eigenvalue weighted by atomic mass is 32.1. The molecule has 0 fully saturated rings. The summed E-state index contributed by atoms with van der Waals surface area (Å²) in [5, 5.41) is 2.52. The first kappa shape index (κ1) is 9.42. The van der Waals surface area contributed by atoms with Crippen LogP contribution in [0, 0.1) is 0 Å². The van der Waals surface area contributed by atoms with Crippen LogP contribution in [0.1, 0.15) is 0 Å². The van der Waals surface area contributed by atoms with Crippen LogP contribution < -0.4 is 10.3 Å². The molecule has 16 heavy (non-hydrogen) atoms. The Morgan fingerprint density at radius 2 is 2.06 bits per heavy atom. The Labute approximate surface area is 95.3 Å². The van der Waals surface area contributed by atoms with Crippen molar-refractivity contribution in [1.82, 2.24) is 4.98 Å². The zero-order valence-electron chi connectivity index (χ0n) is 8.61. The van der Waals surface area contributed by atoms with Crippen molar-refractivity contribution >= 4 is 32.3 Å². The summed E-state index contributed by atoms with van der Waals surface area (Å²) in [6, 6.07) is 9.57. The second kappa shape index (κ2) is 3.35. The van der Waals surface area contributed by atoms with Crippen LogP contribution in [0.4, 0.5) is 0 Å². The number of ether oxygens (including phenoxy) is 1. The second-order valence-corrected chi connectivity index (χ2v) is 4.53. The normalized spacial score (nSPS) is 11.1. The molecule has 80 valence electrons. The zero-order chi connectivity index (χ0) is 11.1. The van der Waals surface area contributed by atoms with Crippen LogP contribution in [0.25, 0.3) is 21.0 Å². The van der Waals surface area contributed by atoms with Gasteiger partial charge < -0.3 is 9.72 Å². The van der Waals surface area contributed by atoms with Crippen molar-refractivity contribution < 1.29 is 4.74 Å². The van der Waals surface area contributed by atoms with Crippen molar-refractivity contribution in [2.24, 2.45) is 0 Å². The molecular formula is C12H9NO2S. The Kier molecular flexibility index (Phi) is 1.97. The van der Waals surface area contributed by atoms with E-state index in [4.69, 9.17) is 4.74 Å². The van der Waals surface area contributed by atoms with Crippen molar-refractivity contribution in [3.8, 4) is 5.06 Å². The van der Waals surface area contributed by atoms with E-state index in [-0.39, 0.29) is 5.56 Å². The van der Waals surface area contributed by atoms with E-state index in [1.54, 1.807) is 13.2 Å². The standard InChI is InChI=1S/C12H9NO2S/c1-15-10-6-8-11(16-10)7-4-2-3-5-9(7)13-12(8)14/h2-6H,1H3,(H,13,14). The average Bonchev–Trinajstić information content (AvgIpc) is 2.74. The lowest BCUT2D eigenvalue weighted by Crippen LogP contribution is -2.04. The lowest BCUT2D eigenvalue weighted by molar-refractivity contribution is 0.427. The van der Waals surface area contributed by atoms with Crippen LogP contribution in [0.2, 0.25) is 0 Å². The smallest absolute Gasteiger partial charge is 0.257 e. The van der Waals surface area contributed by atoms with Gasteiger partial charge in [-0.1, -0.05) is 29.5 Å². The second-order valence-electron chi connectivity index (χ2n) is 3.51. The molecule has 0 unspecified atom stereocenters. The first-order chi connectivity index (χ1) is 7.79. The van der Waals surface area contributed by atoms with Gasteiger partial charge in [0, 0.05) is 17.0 Å². The van der Waals surface area contributed by atoms with E-state index >= 15 is 0 Å². The maximum Gasteiger partial charge on any atom is 0.257 e. The summed E-state index contributed by atoms with van der Waals surface area (Å²) >= 11 is 1.50. The van der Waals surface area contributed by atoms with E-state index in [0.29, 0.717) is 5.39 Å². The topological polar surface area (TPSA) is 42.1 Å². The molecule has 0 radical (unpaired) electrons. The summed E-state index contributed by atoms with van der Waals surface area (Å²) in [5.74, 6) is 0. The minimum atomic E-state index is -0.0618. The third-order valence-corrected chi connectivity index (χ3v) is 3.70. The Bertz CT molecular complexity index is 727. The van der Waals surface area contributed by atoms with Gasteiger partial charge >= 0.3 is 0 Å². The number of hydrogen-bond acceptors (Lipinski definition) is 3. The summed E-state index contributed by atoms with van der Waals surface area (Å²) in [6.45, 7) is 0. The minimum absolute atomic E-state index is 0.0618. The highest BCUT2D eigenvalue weighted by Gasteiger charge is 2.09. The third-order valence-electron chi connectivity index (χ3n) is 2.58. The van der Waals surface area contributed by atoms with Crippen LogP contribution in [0.5, 0.6) is 5.06 Å². The predicted molar refractivity (Wildman–Crippen MR) is 66.5 cm³/mol. The molecule has 1 N–H and O–H groups in total. The van der Waals surface area contributed by atoms with Gasteiger partial charge in [0.2, 0.25) is 0 Å². The highest BCUT2D eigenvalue weighted by molar-refractivity contribution is 7.21. The van der Waals surface area contributed by atoms with Crippen molar-refractivity contribution in [3.05, 3.63) is 40.7 Å². The molecule has 0 bridgehead atoms. The van der Waals surface area contributed by atoms with Crippen molar-refractivity contribution in [3.63, 3.8) is 0 Å². The number of aromatic nitrogens is 1. The number of methoxy groups -OCH3 is 1. The number of rotatable bonds is 1. The fraction of sp³-hybridized carbons (Fsp3) is 0.0833. The van der Waals surface area contributed by atoms with Crippen LogP contribution in [0.15, 0.2) is 35.1 Å². The first-order valence-corrected chi connectivity index (χ1v) is 5.70. The molecule has 0 saturated carbocycles. The third kappa shape index (κ3) is 1.23. The summed E-state index contributed by atoms with van der Waals surface area (Å²) in [6.07, 6.45) is 0. The van der Waals surface area contributed by atoms with E-state index in [1.807, 2.05) is 24.3 Å². The fourth-order valence-electron chi connectivity index (χ4n) is 1.82. The quantitative estimate of drug-likeness (QED) is 0.699. The number of fused-ring (bicyclic) bond motifs is 3. The summed E-state index contributed by atoms with van der Waals surface area (Å²) < 4.78 is 6.15. The van der Waals surface area contributed by atoms with Gasteiger partial charge in [-0.15, -0.1) is 0 Å². The molecule has 0 saturated heterocycles. The van der Waals surface area contributed by atoms with Crippen molar-refractivity contribution in [2.45, 2.75) is 0 Å². The molecule has 0 aliphatic rings. The maximum absolute atomic E-state index is 11.8. The monoisotopic (exact) mass is 231 g/mol. The van der Waals surface area contributed by atoms with Crippen LogP contribution in [-0.4, -0.2) is 12.1 Å². The summed E-state index contributed by atoms with van der Waals surface area (Å²) in [4.78, 5) is 14.7. The summed E-state index contributed by atoms with van der Waals surface area (Å²) in [5.41, 5.74) is 0.803. The minimum Gasteiger partial charge on any atom is -0.487 e. The SMILES string of the molecule is COc1cc2c(=O)[nH]c3ccccc3c2s1. The number of aromatic amines is 1. The van der Waals surface area contributed by atoms with E-state index in [0.717, 1.165) is 20.7 Å². The first-order valence-electron chi connectivity index (χ1n) is 4.88. The molecule has 2 aromatic heterocycles. The molecule has 0 aliphatic heterocycles. The fourth-order valence-corrected chi connectivity index (χ4v) is 2.83. The molecule has 0 spiro atoms. The Hall–Kier alpha value is -1.81. The number of H-pyrrole nitrogens is 1. The van der Waals surface area contributed by atoms with Gasteiger partial charge in [0.15, 0.2) is 5.06 Å². The lowest BCUT2D eigenvalue weighted by atomic mass is 10.2. The largest absolute Gasteiger partial charge is 0.487 e. The molecule has 0 amide bonds. The van der Waals surface area contributed by atoms with Crippen molar-refractivity contribution in [2.75, 3.05) is 7.11 Å². The van der Waals surface area contributed by atoms with Gasteiger partial charge in [0.1, 0.15) is 0 Å². The summed E-state index contributed by atoms with van der Waals surface area (Å²) in [7, 11) is 1.61. The van der Waals surface area contributed by atoms with E-state index in [1.165, 1.54) is 11.3 Å². The highest BCUT2D eigenvalue weighted by Crippen LogP contribution is 2.33. The molecule has 0 atom stereocenters. The predicted octanol–water partition coefficient (Wildman–Crippen LogP) is 2.75. The van der Waals surface area contributed by atoms with Gasteiger partial charge in [-0.25, -0.2) is 0 Å². The molecule has 3 nitrogen and oxygen atoms in total. The molecule has 1 aromatic carbocycles. The van der Waals surface area contributed by atoms with Gasteiger partial charge in [-0.3, -0.25) is 4.79 Å². The van der Waals surface area contributed by atoms with E-state index in [2.05, 4.69) is 4.98 Å². The number of thiophene rings is 1. The molecular weight excluding hydrogens is 222 g/mol. The number of benzene rings is 1. The van der Waals surface area contributed by atoms with Crippen LogP contribution >= 0.6 is 11.3 Å². The number of pyridine rings is 1. The molecule has 2 heterocycles. The van der Waals surface area contributed by atoms with E-state index in [9.17, 15) is 4.79 Å². The van der Waals surface area contributed by atoms with Crippen LogP contribution in [0.3, 0.4) is 0 Å². The number of nitrogens with one attached hydrogen (secondary N) is 1. The van der Waals surface area contributed by atoms with Gasteiger partial charge in [-0.05, 0) is 6.07 Å². The van der Waals surface area contributed by atoms with Crippen LogP contribution in [-0.2, 0) is 0 Å². The Morgan fingerprint density at radius 3 is 2.88 bits per heavy atom. The number of hydrogen-bond donors (Lipinski definition) is 1. The van der Waals surface area contributed by atoms with Gasteiger partial charge in [0.05, 0.1) is 17.2 Å². The maximum atomic E-state index is 11.8. The zero-order valence-corrected chi connectivity index (χ0v) is 9.43. The molecule has 4 heteroatoms. The van der Waals surface area contributed by atoms with Crippen molar-refractivity contribution in [1.29, 1.82) is 0 Å². The number of para-hydroxylation sites is 1. The lowest BCUT2D eigenvalue weighted by Gasteiger charge is -1.97. The van der Waals surface area contributed by atoms with Gasteiger partial charge in [-0.2, -0.15) is 0 Å².